The predicted molar refractivity (Wildman–Crippen MR) is 133 cm³/mol. The molecule has 2 aromatic carbocycles. The lowest BCUT2D eigenvalue weighted by Crippen LogP contribution is -2.36. The summed E-state index contributed by atoms with van der Waals surface area (Å²) < 4.78 is 3.37. The van der Waals surface area contributed by atoms with E-state index in [0.29, 0.717) is 17.1 Å². The van der Waals surface area contributed by atoms with E-state index < -0.39 is 0 Å². The highest BCUT2D eigenvalue weighted by Crippen LogP contribution is 2.30. The summed E-state index contributed by atoms with van der Waals surface area (Å²) in [6, 6.07) is 17.4. The van der Waals surface area contributed by atoms with E-state index >= 15 is 0 Å². The first-order chi connectivity index (χ1) is 16.1. The summed E-state index contributed by atoms with van der Waals surface area (Å²) in [5.41, 5.74) is 2.94. The summed E-state index contributed by atoms with van der Waals surface area (Å²) in [7, 11) is 0. The number of pyridine rings is 1. The van der Waals surface area contributed by atoms with Crippen LogP contribution in [-0.2, 0) is 11.3 Å². The third-order valence-electron chi connectivity index (χ3n) is 6.26. The van der Waals surface area contributed by atoms with Gasteiger partial charge in [0.25, 0.3) is 5.56 Å². The fraction of sp³-hybridized carbons (Fsp3) is 0.370. The van der Waals surface area contributed by atoms with Crippen molar-refractivity contribution in [2.24, 2.45) is 0 Å². The van der Waals surface area contributed by atoms with Crippen molar-refractivity contribution in [3.05, 3.63) is 70.5 Å². The van der Waals surface area contributed by atoms with Gasteiger partial charge in [0.2, 0.25) is 5.91 Å². The molecule has 6 heteroatoms. The van der Waals surface area contributed by atoms with E-state index in [1.807, 2.05) is 71.0 Å². The number of aromatic nitrogens is 3. The molecule has 2 heterocycles. The molecule has 0 radical (unpaired) electrons. The molecule has 4 rings (SSSR count). The predicted octanol–water partition coefficient (Wildman–Crippen LogP) is 5.03. The second-order valence-electron chi connectivity index (χ2n) is 8.57. The number of benzene rings is 2. The SMILES string of the molecule is CCCCN(CCCC)C(=O)Cn1c2nn(-c3ccccc3)c(=O)c-2c(C)c2ccccc21. The Morgan fingerprint density at radius 3 is 2.24 bits per heavy atom. The summed E-state index contributed by atoms with van der Waals surface area (Å²) >= 11 is 0. The molecule has 2 aromatic rings. The Balaban J connectivity index is 1.86. The van der Waals surface area contributed by atoms with Gasteiger partial charge in [0.05, 0.1) is 16.8 Å². The molecule has 0 spiro atoms. The largest absolute Gasteiger partial charge is 0.341 e. The molecule has 0 unspecified atom stereocenters. The second-order valence-corrected chi connectivity index (χ2v) is 8.57. The molecule has 0 saturated carbocycles. The lowest BCUT2D eigenvalue weighted by Gasteiger charge is -2.24. The van der Waals surface area contributed by atoms with Crippen LogP contribution in [-0.4, -0.2) is 38.2 Å². The summed E-state index contributed by atoms with van der Waals surface area (Å²) in [5.74, 6) is 0.623. The van der Waals surface area contributed by atoms with E-state index in [1.54, 1.807) is 0 Å². The Morgan fingerprint density at radius 1 is 0.939 bits per heavy atom. The van der Waals surface area contributed by atoms with Gasteiger partial charge in [-0.2, -0.15) is 4.68 Å². The van der Waals surface area contributed by atoms with Crippen LogP contribution in [0.15, 0.2) is 59.4 Å². The zero-order valence-electron chi connectivity index (χ0n) is 19.8. The van der Waals surface area contributed by atoms with Gasteiger partial charge in [-0.15, -0.1) is 5.10 Å². The van der Waals surface area contributed by atoms with Crippen molar-refractivity contribution in [3.63, 3.8) is 0 Å². The Morgan fingerprint density at radius 2 is 1.58 bits per heavy atom. The third kappa shape index (κ3) is 4.42. The average molecular weight is 445 g/mol. The third-order valence-corrected chi connectivity index (χ3v) is 6.26. The van der Waals surface area contributed by atoms with Crippen molar-refractivity contribution in [2.45, 2.75) is 53.0 Å². The second kappa shape index (κ2) is 10.0. The summed E-state index contributed by atoms with van der Waals surface area (Å²) in [5, 5.41) is 5.70. The number of hydrogen-bond acceptors (Lipinski definition) is 3. The van der Waals surface area contributed by atoms with Crippen molar-refractivity contribution >= 4 is 16.8 Å². The summed E-state index contributed by atoms with van der Waals surface area (Å²) in [4.78, 5) is 28.9. The number of fused-ring (bicyclic) bond motifs is 2. The molecular formula is C27H32N4O2. The van der Waals surface area contributed by atoms with Crippen LogP contribution in [0.3, 0.4) is 0 Å². The lowest BCUT2D eigenvalue weighted by molar-refractivity contribution is -0.131. The molecule has 2 aliphatic rings. The van der Waals surface area contributed by atoms with Gasteiger partial charge in [0.15, 0.2) is 5.82 Å². The molecule has 0 bridgehead atoms. The number of carbonyl (C=O) groups excluding carboxylic acids is 1. The van der Waals surface area contributed by atoms with Gasteiger partial charge in [-0.3, -0.25) is 9.59 Å². The lowest BCUT2D eigenvalue weighted by atomic mass is 10.0. The number of nitrogens with zero attached hydrogens (tertiary/aromatic N) is 4. The number of rotatable bonds is 9. The number of aryl methyl sites for hydroxylation is 1. The minimum Gasteiger partial charge on any atom is -0.341 e. The van der Waals surface area contributed by atoms with Gasteiger partial charge in [0.1, 0.15) is 6.54 Å². The normalized spacial score (nSPS) is 11.4. The quantitative estimate of drug-likeness (QED) is 0.364. The van der Waals surface area contributed by atoms with E-state index in [4.69, 9.17) is 5.10 Å². The highest BCUT2D eigenvalue weighted by atomic mass is 16.2. The molecule has 0 aromatic heterocycles. The van der Waals surface area contributed by atoms with Gasteiger partial charge in [-0.1, -0.05) is 63.1 Å². The topological polar surface area (TPSA) is 60.1 Å². The fourth-order valence-corrected chi connectivity index (χ4v) is 4.38. The van der Waals surface area contributed by atoms with Crippen molar-refractivity contribution in [3.8, 4) is 17.1 Å². The maximum absolute atomic E-state index is 13.5. The molecule has 6 nitrogen and oxygen atoms in total. The Hall–Kier alpha value is -3.41. The first kappa shape index (κ1) is 22.8. The molecule has 2 aliphatic heterocycles. The van der Waals surface area contributed by atoms with Gasteiger partial charge in [-0.05, 0) is 43.5 Å². The molecule has 33 heavy (non-hydrogen) atoms. The molecule has 0 saturated heterocycles. The van der Waals surface area contributed by atoms with Crippen molar-refractivity contribution in [1.82, 2.24) is 19.2 Å². The van der Waals surface area contributed by atoms with E-state index in [1.165, 1.54) is 4.68 Å². The van der Waals surface area contributed by atoms with E-state index in [9.17, 15) is 9.59 Å². The molecule has 0 atom stereocenters. The number of carbonyl (C=O) groups is 1. The smallest absolute Gasteiger partial charge is 0.282 e. The first-order valence-corrected chi connectivity index (χ1v) is 11.9. The van der Waals surface area contributed by atoms with Crippen LogP contribution in [0.2, 0.25) is 0 Å². The highest BCUT2D eigenvalue weighted by Gasteiger charge is 2.26. The molecule has 0 N–H and O–H groups in total. The van der Waals surface area contributed by atoms with Crippen LogP contribution in [0.25, 0.3) is 28.0 Å². The maximum atomic E-state index is 13.5. The van der Waals surface area contributed by atoms with Gasteiger partial charge in [-0.25, -0.2) is 0 Å². The Kier molecular flexibility index (Phi) is 6.92. The van der Waals surface area contributed by atoms with Crippen LogP contribution >= 0.6 is 0 Å². The first-order valence-electron chi connectivity index (χ1n) is 11.9. The highest BCUT2D eigenvalue weighted by molar-refractivity contribution is 5.91. The monoisotopic (exact) mass is 444 g/mol. The Labute approximate surface area is 194 Å². The van der Waals surface area contributed by atoms with E-state index in [-0.39, 0.29) is 18.0 Å². The fourth-order valence-electron chi connectivity index (χ4n) is 4.38. The zero-order valence-corrected chi connectivity index (χ0v) is 19.8. The maximum Gasteiger partial charge on any atom is 0.282 e. The van der Waals surface area contributed by atoms with E-state index in [2.05, 4.69) is 13.8 Å². The van der Waals surface area contributed by atoms with Gasteiger partial charge in [0, 0.05) is 18.5 Å². The van der Waals surface area contributed by atoms with Gasteiger partial charge < -0.3 is 9.47 Å². The summed E-state index contributed by atoms with van der Waals surface area (Å²) in [6.45, 7) is 7.92. The van der Waals surface area contributed by atoms with Crippen LogP contribution in [0.5, 0.6) is 0 Å². The zero-order chi connectivity index (χ0) is 23.4. The molecule has 0 aliphatic carbocycles. The van der Waals surface area contributed by atoms with Crippen LogP contribution in [0, 0.1) is 6.92 Å². The van der Waals surface area contributed by atoms with Crippen LogP contribution in [0.1, 0.15) is 45.1 Å². The summed E-state index contributed by atoms with van der Waals surface area (Å²) in [6.07, 6.45) is 4.05. The van der Waals surface area contributed by atoms with Crippen LogP contribution < -0.4 is 5.56 Å². The molecule has 172 valence electrons. The van der Waals surface area contributed by atoms with Crippen molar-refractivity contribution < 1.29 is 4.79 Å². The Bertz CT molecular complexity index is 1260. The molecular weight excluding hydrogens is 412 g/mol. The standard InChI is InChI=1S/C27H32N4O2/c1-4-6-17-29(18-7-5-2)24(32)19-30-23-16-12-11-15-22(23)20(3)25-26(30)28-31(27(25)33)21-13-9-8-10-14-21/h8-16H,4-7,17-19H2,1-3H3. The number of amides is 1. The van der Waals surface area contributed by atoms with Crippen molar-refractivity contribution in [1.29, 1.82) is 0 Å². The molecule has 0 fully saturated rings. The average Bonchev–Trinajstić information content (AvgIpc) is 3.19. The number of unbranched alkanes of at least 4 members (excludes halogenated alkanes) is 2. The number of para-hydroxylation sites is 2. The number of hydrogen-bond donors (Lipinski definition) is 0. The minimum absolute atomic E-state index is 0.0684. The van der Waals surface area contributed by atoms with Gasteiger partial charge >= 0.3 is 0 Å². The molecule has 1 amide bonds. The minimum atomic E-state index is -0.158. The van der Waals surface area contributed by atoms with E-state index in [0.717, 1.165) is 55.2 Å². The van der Waals surface area contributed by atoms with Crippen LogP contribution in [0.4, 0.5) is 0 Å². The van der Waals surface area contributed by atoms with Crippen molar-refractivity contribution in [2.75, 3.05) is 13.1 Å².